The number of hydrogen-bond donors (Lipinski definition) is 2. The van der Waals surface area contributed by atoms with E-state index in [2.05, 4.69) is 55.3 Å². The maximum atomic E-state index is 10.4. The zero-order chi connectivity index (χ0) is 36.9. The van der Waals surface area contributed by atoms with E-state index in [9.17, 15) is 9.59 Å². The normalized spacial score (nSPS) is 9.80. The predicted octanol–water partition coefficient (Wildman–Crippen LogP) is 13.5. The first-order chi connectivity index (χ1) is 24.5. The van der Waals surface area contributed by atoms with Crippen LogP contribution in [0, 0.1) is 47.4 Å². The second-order valence-electron chi connectivity index (χ2n) is 13.8. The van der Waals surface area contributed by atoms with E-state index in [1.165, 1.54) is 161 Å². The van der Waals surface area contributed by atoms with Gasteiger partial charge >= 0.3 is 11.9 Å². The maximum absolute atomic E-state index is 10.4. The molecule has 0 aromatic rings. The highest BCUT2D eigenvalue weighted by molar-refractivity contribution is 5.87. The summed E-state index contributed by atoms with van der Waals surface area (Å²) in [4.78, 5) is 20.5. The molecule has 284 valence electrons. The first-order valence-electron chi connectivity index (χ1n) is 20.9. The average Bonchev–Trinajstić information content (AvgIpc) is 3.10. The Balaban J connectivity index is 0. The SMILES string of the molecule is CCCCCCCCCCC#CC#CCCCCCCCCC(=O)O.CCCCCCCCCCCCCCCCCCC#CC#CC(=O)O. The van der Waals surface area contributed by atoms with E-state index in [1.807, 2.05) is 5.92 Å². The number of carboxylic acid groups (broad SMARTS) is 2. The number of carboxylic acids is 2. The molecule has 4 nitrogen and oxygen atoms in total. The summed E-state index contributed by atoms with van der Waals surface area (Å²) in [6.45, 7) is 4.53. The van der Waals surface area contributed by atoms with Crippen molar-refractivity contribution >= 4 is 11.9 Å². The Bertz CT molecular complexity index is 998. The molecule has 0 aliphatic heterocycles. The molecule has 0 saturated heterocycles. The summed E-state index contributed by atoms with van der Waals surface area (Å²) in [6.07, 6.45) is 42.2. The van der Waals surface area contributed by atoms with Gasteiger partial charge in [-0.05, 0) is 49.4 Å². The van der Waals surface area contributed by atoms with Crippen molar-refractivity contribution in [3.63, 3.8) is 0 Å². The van der Waals surface area contributed by atoms with E-state index < -0.39 is 11.9 Å². The molecule has 2 N–H and O–H groups in total. The molecule has 0 spiro atoms. The summed E-state index contributed by atoms with van der Waals surface area (Å²) in [7, 11) is 0. The first-order valence-corrected chi connectivity index (χ1v) is 20.9. The topological polar surface area (TPSA) is 74.6 Å². The van der Waals surface area contributed by atoms with Gasteiger partial charge in [0.05, 0.1) is 0 Å². The van der Waals surface area contributed by atoms with Gasteiger partial charge in [0.1, 0.15) is 0 Å². The molecule has 0 fully saturated rings. The molecule has 0 bridgehead atoms. The lowest BCUT2D eigenvalue weighted by molar-refractivity contribution is -0.137. The summed E-state index contributed by atoms with van der Waals surface area (Å²) in [5.41, 5.74) is 0. The van der Waals surface area contributed by atoms with Gasteiger partial charge in [-0.3, -0.25) is 4.79 Å². The molecule has 0 radical (unpaired) electrons. The summed E-state index contributed by atoms with van der Waals surface area (Å²) < 4.78 is 0. The van der Waals surface area contributed by atoms with E-state index in [0.29, 0.717) is 6.42 Å². The molecule has 0 heterocycles. The van der Waals surface area contributed by atoms with E-state index >= 15 is 0 Å². The largest absolute Gasteiger partial charge is 0.481 e. The summed E-state index contributed by atoms with van der Waals surface area (Å²) in [5.74, 6) is 20.2. The van der Waals surface area contributed by atoms with Gasteiger partial charge in [0.25, 0.3) is 0 Å². The van der Waals surface area contributed by atoms with Crippen LogP contribution in [0.5, 0.6) is 0 Å². The predicted molar refractivity (Wildman–Crippen MR) is 215 cm³/mol. The smallest absolute Gasteiger partial charge is 0.382 e. The highest BCUT2D eigenvalue weighted by Crippen LogP contribution is 2.14. The average molecular weight is 693 g/mol. The van der Waals surface area contributed by atoms with E-state index in [0.717, 1.165) is 51.4 Å². The maximum Gasteiger partial charge on any atom is 0.382 e. The van der Waals surface area contributed by atoms with E-state index in [1.54, 1.807) is 0 Å². The van der Waals surface area contributed by atoms with Gasteiger partial charge in [-0.15, -0.1) is 0 Å². The zero-order valence-corrected chi connectivity index (χ0v) is 32.8. The summed E-state index contributed by atoms with van der Waals surface area (Å²) >= 11 is 0. The number of carbonyl (C=O) groups is 2. The van der Waals surface area contributed by atoms with Gasteiger partial charge < -0.3 is 10.2 Å². The molecule has 0 saturated carbocycles. The molecule has 0 aliphatic carbocycles. The van der Waals surface area contributed by atoms with Crippen molar-refractivity contribution in [2.75, 3.05) is 0 Å². The van der Waals surface area contributed by atoms with Crippen LogP contribution in [-0.2, 0) is 9.59 Å². The molecule has 0 amide bonds. The first kappa shape index (κ1) is 49.3. The monoisotopic (exact) mass is 693 g/mol. The molecular formula is C46H76O4. The van der Waals surface area contributed by atoms with Crippen LogP contribution in [0.3, 0.4) is 0 Å². The lowest BCUT2D eigenvalue weighted by Crippen LogP contribution is -1.93. The van der Waals surface area contributed by atoms with Crippen molar-refractivity contribution < 1.29 is 19.8 Å². The van der Waals surface area contributed by atoms with Crippen LogP contribution in [0.2, 0.25) is 0 Å². The minimum atomic E-state index is -1.11. The minimum absolute atomic E-state index is 0.309. The molecule has 0 atom stereocenters. The van der Waals surface area contributed by atoms with Crippen molar-refractivity contribution in [1.82, 2.24) is 0 Å². The van der Waals surface area contributed by atoms with Crippen molar-refractivity contribution in [2.45, 2.75) is 232 Å². The summed E-state index contributed by atoms with van der Waals surface area (Å²) in [6, 6.07) is 0. The Morgan fingerprint density at radius 1 is 0.360 bits per heavy atom. The Hall–Kier alpha value is -2.82. The highest BCUT2D eigenvalue weighted by atomic mass is 16.4. The van der Waals surface area contributed by atoms with Crippen LogP contribution in [0.4, 0.5) is 0 Å². The third kappa shape index (κ3) is 52.0. The summed E-state index contributed by atoms with van der Waals surface area (Å²) in [5, 5.41) is 16.9. The van der Waals surface area contributed by atoms with Gasteiger partial charge in [-0.1, -0.05) is 199 Å². The quantitative estimate of drug-likeness (QED) is 0.0543. The van der Waals surface area contributed by atoms with Gasteiger partial charge in [-0.25, -0.2) is 4.79 Å². The zero-order valence-electron chi connectivity index (χ0n) is 32.8. The number of hydrogen-bond acceptors (Lipinski definition) is 2. The molecule has 0 aromatic heterocycles. The van der Waals surface area contributed by atoms with Gasteiger partial charge in [0.2, 0.25) is 0 Å². The fourth-order valence-electron chi connectivity index (χ4n) is 5.71. The van der Waals surface area contributed by atoms with Crippen LogP contribution < -0.4 is 0 Å². The van der Waals surface area contributed by atoms with Crippen molar-refractivity contribution in [2.24, 2.45) is 0 Å². The second-order valence-corrected chi connectivity index (χ2v) is 13.8. The van der Waals surface area contributed by atoms with Crippen molar-refractivity contribution in [3.05, 3.63) is 0 Å². The Labute approximate surface area is 310 Å². The fourth-order valence-corrected chi connectivity index (χ4v) is 5.71. The van der Waals surface area contributed by atoms with Crippen LogP contribution in [0.25, 0.3) is 0 Å². The van der Waals surface area contributed by atoms with E-state index in [4.69, 9.17) is 10.2 Å². The van der Waals surface area contributed by atoms with Gasteiger partial charge in [0.15, 0.2) is 0 Å². The highest BCUT2D eigenvalue weighted by Gasteiger charge is 1.97. The van der Waals surface area contributed by atoms with Crippen LogP contribution in [0.15, 0.2) is 0 Å². The Morgan fingerprint density at radius 3 is 0.900 bits per heavy atom. The number of rotatable bonds is 32. The minimum Gasteiger partial charge on any atom is -0.481 e. The Morgan fingerprint density at radius 2 is 0.620 bits per heavy atom. The van der Waals surface area contributed by atoms with Crippen LogP contribution in [0.1, 0.15) is 232 Å². The molecular weight excluding hydrogens is 617 g/mol. The third-order valence-electron chi connectivity index (χ3n) is 8.81. The van der Waals surface area contributed by atoms with Crippen LogP contribution >= 0.6 is 0 Å². The molecule has 4 heteroatoms. The van der Waals surface area contributed by atoms with E-state index in [-0.39, 0.29) is 0 Å². The van der Waals surface area contributed by atoms with Crippen molar-refractivity contribution in [1.29, 1.82) is 0 Å². The second kappa shape index (κ2) is 46.2. The molecule has 0 aromatic carbocycles. The number of aliphatic carboxylic acids is 2. The van der Waals surface area contributed by atoms with Crippen LogP contribution in [-0.4, -0.2) is 22.2 Å². The lowest BCUT2D eigenvalue weighted by atomic mass is 10.0. The third-order valence-corrected chi connectivity index (χ3v) is 8.81. The molecule has 50 heavy (non-hydrogen) atoms. The van der Waals surface area contributed by atoms with Crippen molar-refractivity contribution in [3.8, 4) is 47.4 Å². The standard InChI is InChI=1S/2C23H38O2/c2*1-2-3-4-5-6-7-8-9-10-11-12-13-14-15-16-17-18-19-20-21-22-23(24)25/h2-10,15-22H2,1H3,(H,24,25);2-18H2,1H3,(H,24,25). The molecule has 0 rings (SSSR count). The van der Waals surface area contributed by atoms with Gasteiger partial charge in [-0.2, -0.15) is 0 Å². The van der Waals surface area contributed by atoms with Gasteiger partial charge in [0, 0.05) is 31.6 Å². The number of unbranched alkanes of at least 4 members (excludes halogenated alkanes) is 30. The molecule has 0 aliphatic rings. The Kier molecular flexibility index (Phi) is 45.5. The molecule has 0 unspecified atom stereocenters. The fraction of sp³-hybridized carbons (Fsp3) is 0.783. The lowest BCUT2D eigenvalue weighted by Gasteiger charge is -2.03.